The van der Waals surface area contributed by atoms with E-state index in [9.17, 15) is 9.59 Å². The van der Waals surface area contributed by atoms with Gasteiger partial charge in [-0.25, -0.2) is 0 Å². The third-order valence-corrected chi connectivity index (χ3v) is 2.24. The summed E-state index contributed by atoms with van der Waals surface area (Å²) in [6.07, 6.45) is -1.67. The molecule has 17 heavy (non-hydrogen) atoms. The van der Waals surface area contributed by atoms with Crippen LogP contribution in [0, 0.1) is 0 Å². The fourth-order valence-corrected chi connectivity index (χ4v) is 1.68. The van der Waals surface area contributed by atoms with Crippen LogP contribution in [-0.2, 0) is 23.8 Å². The van der Waals surface area contributed by atoms with Gasteiger partial charge in [-0.2, -0.15) is 4.99 Å². The quantitative estimate of drug-likeness (QED) is 0.422. The molecule has 0 aromatic carbocycles. The largest absolute Gasteiger partial charge is 0.458 e. The fourth-order valence-electron chi connectivity index (χ4n) is 1.58. The number of hydrogen-bond donors (Lipinski definition) is 0. The normalized spacial score (nSPS) is 27.8. The molecule has 6 nitrogen and oxygen atoms in total. The van der Waals surface area contributed by atoms with Crippen molar-refractivity contribution in [3.63, 3.8) is 0 Å². The predicted molar refractivity (Wildman–Crippen MR) is 60.5 cm³/mol. The lowest BCUT2D eigenvalue weighted by Gasteiger charge is -2.33. The molecule has 1 aliphatic rings. The second-order valence-electron chi connectivity index (χ2n) is 3.49. The van der Waals surface area contributed by atoms with Gasteiger partial charge in [0.15, 0.2) is 12.3 Å². The second-order valence-corrected chi connectivity index (χ2v) is 3.67. The molecule has 0 spiro atoms. The first kappa shape index (κ1) is 13.8. The Morgan fingerprint density at radius 3 is 2.53 bits per heavy atom. The first-order valence-corrected chi connectivity index (χ1v) is 5.48. The smallest absolute Gasteiger partial charge is 0.303 e. The van der Waals surface area contributed by atoms with Crippen molar-refractivity contribution in [3.05, 3.63) is 0 Å². The lowest BCUT2D eigenvalue weighted by molar-refractivity contribution is -0.192. The SMILES string of the molecule is CC(=O)O[C@@H]1[C@@H](OC(C)=O)CCO[C@H]1N=C=S. The van der Waals surface area contributed by atoms with Gasteiger partial charge in [0.05, 0.1) is 11.8 Å². The van der Waals surface area contributed by atoms with Crippen molar-refractivity contribution in [2.75, 3.05) is 6.61 Å². The lowest BCUT2D eigenvalue weighted by atomic mass is 10.1. The van der Waals surface area contributed by atoms with Gasteiger partial charge < -0.3 is 14.2 Å². The molecule has 0 bridgehead atoms. The number of hydrogen-bond acceptors (Lipinski definition) is 7. The molecule has 0 radical (unpaired) electrons. The average molecular weight is 259 g/mol. The molecule has 1 aliphatic heterocycles. The highest BCUT2D eigenvalue weighted by Gasteiger charge is 2.38. The molecule has 0 N–H and O–H groups in total. The van der Waals surface area contributed by atoms with E-state index in [1.807, 2.05) is 0 Å². The van der Waals surface area contributed by atoms with Gasteiger partial charge in [-0.1, -0.05) is 0 Å². The second kappa shape index (κ2) is 6.44. The van der Waals surface area contributed by atoms with E-state index in [0.717, 1.165) is 0 Å². The molecule has 3 atom stereocenters. The molecule has 1 saturated heterocycles. The zero-order valence-corrected chi connectivity index (χ0v) is 10.4. The Kier molecular flexibility index (Phi) is 5.21. The van der Waals surface area contributed by atoms with Gasteiger partial charge in [-0.05, 0) is 12.2 Å². The van der Waals surface area contributed by atoms with Crippen LogP contribution >= 0.6 is 12.2 Å². The van der Waals surface area contributed by atoms with E-state index < -0.39 is 30.4 Å². The Bertz CT molecular complexity index is 353. The summed E-state index contributed by atoms with van der Waals surface area (Å²) >= 11 is 4.48. The number of thiocarbonyl (C=S) groups is 1. The molecule has 0 saturated carbocycles. The standard InChI is InChI=1S/C10H13NO5S/c1-6(12)15-8-3-4-14-10(11-5-17)9(8)16-7(2)13/h8-10H,3-4H2,1-2H3/t8-,9+,10+/m0/s1. The molecule has 0 aromatic rings. The van der Waals surface area contributed by atoms with Crippen molar-refractivity contribution < 1.29 is 23.8 Å². The van der Waals surface area contributed by atoms with E-state index >= 15 is 0 Å². The number of carbonyl (C=O) groups excluding carboxylic acids is 2. The van der Waals surface area contributed by atoms with Crippen molar-refractivity contribution in [1.82, 2.24) is 0 Å². The molecule has 0 aromatic heterocycles. The first-order valence-electron chi connectivity index (χ1n) is 5.07. The Balaban J connectivity index is 2.81. The third kappa shape index (κ3) is 4.22. The van der Waals surface area contributed by atoms with Crippen molar-refractivity contribution >= 4 is 29.3 Å². The molecule has 7 heteroatoms. The number of esters is 2. The summed E-state index contributed by atoms with van der Waals surface area (Å²) in [7, 11) is 0. The van der Waals surface area contributed by atoms with Crippen molar-refractivity contribution in [3.8, 4) is 0 Å². The summed E-state index contributed by atoms with van der Waals surface area (Å²) in [6.45, 7) is 2.90. The first-order chi connectivity index (χ1) is 8.04. The Hall–Kier alpha value is -1.30. The van der Waals surface area contributed by atoms with E-state index in [2.05, 4.69) is 22.4 Å². The van der Waals surface area contributed by atoms with Crippen LogP contribution in [0.15, 0.2) is 4.99 Å². The van der Waals surface area contributed by atoms with E-state index in [-0.39, 0.29) is 0 Å². The molecular formula is C10H13NO5S. The highest BCUT2D eigenvalue weighted by Crippen LogP contribution is 2.22. The van der Waals surface area contributed by atoms with Gasteiger partial charge >= 0.3 is 11.9 Å². The van der Waals surface area contributed by atoms with Crippen LogP contribution in [0.5, 0.6) is 0 Å². The summed E-state index contributed by atoms with van der Waals surface area (Å²) in [5.74, 6) is -0.943. The molecule has 0 amide bonds. The molecule has 1 fully saturated rings. The van der Waals surface area contributed by atoms with E-state index in [0.29, 0.717) is 13.0 Å². The van der Waals surface area contributed by atoms with Gasteiger partial charge in [0.25, 0.3) is 0 Å². The van der Waals surface area contributed by atoms with Crippen molar-refractivity contribution in [2.24, 2.45) is 4.99 Å². The summed E-state index contributed by atoms with van der Waals surface area (Å²) in [5, 5.41) is 2.17. The van der Waals surface area contributed by atoms with Crippen LogP contribution in [0.3, 0.4) is 0 Å². The minimum Gasteiger partial charge on any atom is -0.458 e. The van der Waals surface area contributed by atoms with Crippen LogP contribution in [0.4, 0.5) is 0 Å². The molecular weight excluding hydrogens is 246 g/mol. The van der Waals surface area contributed by atoms with Crippen LogP contribution in [0.2, 0.25) is 0 Å². The maximum Gasteiger partial charge on any atom is 0.303 e. The minimum atomic E-state index is -0.777. The van der Waals surface area contributed by atoms with Gasteiger partial charge in [-0.15, -0.1) is 0 Å². The highest BCUT2D eigenvalue weighted by molar-refractivity contribution is 7.78. The Morgan fingerprint density at radius 1 is 1.35 bits per heavy atom. The Labute approximate surface area is 104 Å². The van der Waals surface area contributed by atoms with Gasteiger partial charge in [0, 0.05) is 20.3 Å². The fraction of sp³-hybridized carbons (Fsp3) is 0.700. The third-order valence-electron chi connectivity index (χ3n) is 2.14. The number of aliphatic imine (C=N–C) groups is 1. The highest BCUT2D eigenvalue weighted by atomic mass is 32.1. The molecule has 1 rings (SSSR count). The molecule has 0 aliphatic carbocycles. The minimum absolute atomic E-state index is 0.348. The summed E-state index contributed by atoms with van der Waals surface area (Å²) < 4.78 is 15.4. The number of carbonyl (C=O) groups is 2. The predicted octanol–water partition coefficient (Wildman–Crippen LogP) is 0.699. The molecule has 94 valence electrons. The number of nitrogens with zero attached hydrogens (tertiary/aromatic N) is 1. The summed E-state index contributed by atoms with van der Waals surface area (Å²) in [5.41, 5.74) is 0. The Morgan fingerprint density at radius 2 is 2.00 bits per heavy atom. The maximum absolute atomic E-state index is 11.0. The average Bonchev–Trinajstić information content (AvgIpc) is 2.21. The number of ether oxygens (including phenoxy) is 3. The van der Waals surface area contributed by atoms with E-state index in [1.54, 1.807) is 0 Å². The monoisotopic (exact) mass is 259 g/mol. The van der Waals surface area contributed by atoms with Gasteiger partial charge in [0.1, 0.15) is 6.10 Å². The lowest BCUT2D eigenvalue weighted by Crippen LogP contribution is -2.48. The van der Waals surface area contributed by atoms with Gasteiger partial charge in [-0.3, -0.25) is 9.59 Å². The van der Waals surface area contributed by atoms with Crippen molar-refractivity contribution in [2.45, 2.75) is 38.7 Å². The van der Waals surface area contributed by atoms with E-state index in [1.165, 1.54) is 13.8 Å². The van der Waals surface area contributed by atoms with Crippen LogP contribution < -0.4 is 0 Å². The van der Waals surface area contributed by atoms with Crippen molar-refractivity contribution in [1.29, 1.82) is 0 Å². The van der Waals surface area contributed by atoms with Crippen LogP contribution in [0.25, 0.3) is 0 Å². The zero-order chi connectivity index (χ0) is 12.8. The summed E-state index contributed by atoms with van der Waals surface area (Å²) in [4.78, 5) is 25.7. The topological polar surface area (TPSA) is 74.2 Å². The number of isothiocyanates is 1. The molecule has 1 heterocycles. The maximum atomic E-state index is 11.0. The number of rotatable bonds is 3. The van der Waals surface area contributed by atoms with Crippen LogP contribution in [-0.4, -0.2) is 42.1 Å². The van der Waals surface area contributed by atoms with Gasteiger partial charge in [0.2, 0.25) is 0 Å². The van der Waals surface area contributed by atoms with E-state index in [4.69, 9.17) is 14.2 Å². The zero-order valence-electron chi connectivity index (χ0n) is 9.54. The summed E-state index contributed by atoms with van der Waals surface area (Å²) in [6, 6.07) is 0. The molecule has 0 unspecified atom stereocenters. The van der Waals surface area contributed by atoms with Crippen LogP contribution in [0.1, 0.15) is 20.3 Å².